The average Bonchev–Trinajstić information content (AvgIpc) is 2.48. The van der Waals surface area contributed by atoms with Gasteiger partial charge in [-0.25, -0.2) is 8.42 Å². The van der Waals surface area contributed by atoms with Crippen molar-refractivity contribution < 1.29 is 8.42 Å². The maximum absolute atomic E-state index is 11.3. The van der Waals surface area contributed by atoms with Gasteiger partial charge in [0.25, 0.3) is 0 Å². The van der Waals surface area contributed by atoms with Gasteiger partial charge in [0, 0.05) is 6.04 Å². The van der Waals surface area contributed by atoms with Gasteiger partial charge in [-0.15, -0.1) is 6.58 Å². The smallest absolute Gasteiger partial charge is 0.150 e. The lowest BCUT2D eigenvalue weighted by Crippen LogP contribution is -2.34. The summed E-state index contributed by atoms with van der Waals surface area (Å²) < 4.78 is 22.6. The van der Waals surface area contributed by atoms with E-state index in [1.165, 1.54) is 0 Å². The molecule has 2 atom stereocenters. The molecule has 4 heteroatoms. The minimum Gasteiger partial charge on any atom is -0.317 e. The first-order valence-electron chi connectivity index (χ1n) is 5.07. The second-order valence-electron chi connectivity index (χ2n) is 3.92. The molecule has 1 aliphatic heterocycles. The first kappa shape index (κ1) is 11.7. The molecule has 2 unspecified atom stereocenters. The van der Waals surface area contributed by atoms with Crippen LogP contribution in [0.15, 0.2) is 12.7 Å². The van der Waals surface area contributed by atoms with Crippen molar-refractivity contribution >= 4 is 9.84 Å². The maximum Gasteiger partial charge on any atom is 0.150 e. The highest BCUT2D eigenvalue weighted by molar-refractivity contribution is 7.91. The van der Waals surface area contributed by atoms with E-state index in [9.17, 15) is 8.42 Å². The van der Waals surface area contributed by atoms with Crippen LogP contribution >= 0.6 is 0 Å². The van der Waals surface area contributed by atoms with Crippen LogP contribution in [0, 0.1) is 5.92 Å². The number of hydrogen-bond acceptors (Lipinski definition) is 3. The Morgan fingerprint density at radius 2 is 2.36 bits per heavy atom. The molecule has 0 aromatic heterocycles. The zero-order valence-corrected chi connectivity index (χ0v) is 9.52. The van der Waals surface area contributed by atoms with Crippen LogP contribution in [-0.2, 0) is 9.84 Å². The van der Waals surface area contributed by atoms with E-state index in [2.05, 4.69) is 11.9 Å². The van der Waals surface area contributed by atoms with Gasteiger partial charge in [0.1, 0.15) is 0 Å². The van der Waals surface area contributed by atoms with Crippen LogP contribution in [0.5, 0.6) is 0 Å². The number of hydrogen-bond donors (Lipinski definition) is 1. The summed E-state index contributed by atoms with van der Waals surface area (Å²) in [7, 11) is -0.840. The minimum absolute atomic E-state index is 0.296. The van der Waals surface area contributed by atoms with Crippen LogP contribution in [-0.4, -0.2) is 33.0 Å². The highest BCUT2D eigenvalue weighted by Gasteiger charge is 2.32. The van der Waals surface area contributed by atoms with Gasteiger partial charge < -0.3 is 5.32 Å². The second-order valence-corrected chi connectivity index (χ2v) is 6.15. The standard InChI is InChI=1S/C10H19NO2S/c1-3-4-5-10(11-2)9-6-7-14(12,13)8-9/h3,9-11H,1,4-8H2,2H3. The Labute approximate surface area is 86.5 Å². The van der Waals surface area contributed by atoms with Gasteiger partial charge in [0.2, 0.25) is 0 Å². The third-order valence-corrected chi connectivity index (χ3v) is 4.68. The van der Waals surface area contributed by atoms with E-state index < -0.39 is 9.84 Å². The molecule has 0 aromatic carbocycles. The lowest BCUT2D eigenvalue weighted by Gasteiger charge is -2.21. The van der Waals surface area contributed by atoms with Crippen molar-refractivity contribution in [2.24, 2.45) is 5.92 Å². The number of sulfone groups is 1. The highest BCUT2D eigenvalue weighted by Crippen LogP contribution is 2.23. The Morgan fingerprint density at radius 3 is 2.79 bits per heavy atom. The van der Waals surface area contributed by atoms with Crippen LogP contribution < -0.4 is 5.32 Å². The molecule has 82 valence electrons. The van der Waals surface area contributed by atoms with Crippen molar-refractivity contribution in [3.05, 3.63) is 12.7 Å². The van der Waals surface area contributed by atoms with E-state index >= 15 is 0 Å². The van der Waals surface area contributed by atoms with Gasteiger partial charge in [0.05, 0.1) is 11.5 Å². The molecule has 0 saturated carbocycles. The molecule has 0 bridgehead atoms. The van der Waals surface area contributed by atoms with Gasteiger partial charge in [-0.1, -0.05) is 6.08 Å². The fraction of sp³-hybridized carbons (Fsp3) is 0.800. The molecule has 0 amide bonds. The first-order valence-corrected chi connectivity index (χ1v) is 6.90. The Morgan fingerprint density at radius 1 is 1.64 bits per heavy atom. The van der Waals surface area contributed by atoms with E-state index in [1.54, 1.807) is 0 Å². The second kappa shape index (κ2) is 4.94. The first-order chi connectivity index (χ1) is 6.59. The summed E-state index contributed by atoms with van der Waals surface area (Å²) in [6.45, 7) is 3.68. The van der Waals surface area contributed by atoms with E-state index in [-0.39, 0.29) is 0 Å². The molecule has 1 aliphatic rings. The molecular weight excluding hydrogens is 198 g/mol. The molecule has 14 heavy (non-hydrogen) atoms. The molecule has 0 aliphatic carbocycles. The predicted octanol–water partition coefficient (Wildman–Crippen LogP) is 0.975. The topological polar surface area (TPSA) is 46.2 Å². The van der Waals surface area contributed by atoms with Crippen molar-refractivity contribution in [3.63, 3.8) is 0 Å². The largest absolute Gasteiger partial charge is 0.317 e. The van der Waals surface area contributed by atoms with Gasteiger partial charge in [-0.05, 0) is 32.2 Å². The molecule has 3 nitrogen and oxygen atoms in total. The van der Waals surface area contributed by atoms with Crippen molar-refractivity contribution in [2.45, 2.75) is 25.3 Å². The molecule has 1 fully saturated rings. The monoisotopic (exact) mass is 217 g/mol. The lowest BCUT2D eigenvalue weighted by molar-refractivity contribution is 0.386. The molecule has 1 N–H and O–H groups in total. The normalized spacial score (nSPS) is 27.4. The van der Waals surface area contributed by atoms with Gasteiger partial charge in [0.15, 0.2) is 9.84 Å². The minimum atomic E-state index is -2.74. The van der Waals surface area contributed by atoms with Gasteiger partial charge in [-0.3, -0.25) is 0 Å². The van der Waals surface area contributed by atoms with Crippen molar-refractivity contribution in [2.75, 3.05) is 18.6 Å². The van der Waals surface area contributed by atoms with Crippen LogP contribution in [0.25, 0.3) is 0 Å². The van der Waals surface area contributed by atoms with Gasteiger partial charge >= 0.3 is 0 Å². The molecule has 0 aromatic rings. The summed E-state index contributed by atoms with van der Waals surface area (Å²) in [6.07, 6.45) is 4.63. The van der Waals surface area contributed by atoms with Crippen molar-refractivity contribution in [1.82, 2.24) is 5.32 Å². The fourth-order valence-electron chi connectivity index (χ4n) is 2.05. The maximum atomic E-state index is 11.3. The van der Waals surface area contributed by atoms with Crippen LogP contribution in [0.2, 0.25) is 0 Å². The number of nitrogens with one attached hydrogen (secondary N) is 1. The Kier molecular flexibility index (Phi) is 4.13. The molecule has 0 radical (unpaired) electrons. The Balaban J connectivity index is 2.50. The Hall–Kier alpha value is -0.350. The van der Waals surface area contributed by atoms with Gasteiger partial charge in [-0.2, -0.15) is 0 Å². The summed E-state index contributed by atoms with van der Waals surface area (Å²) in [5.41, 5.74) is 0. The fourth-order valence-corrected chi connectivity index (χ4v) is 3.93. The van der Waals surface area contributed by atoms with Crippen LogP contribution in [0.3, 0.4) is 0 Å². The number of allylic oxidation sites excluding steroid dienone is 1. The third-order valence-electron chi connectivity index (χ3n) is 2.89. The summed E-state index contributed by atoms with van der Waals surface area (Å²) in [5.74, 6) is 1.02. The predicted molar refractivity (Wildman–Crippen MR) is 59.0 cm³/mol. The van der Waals surface area contributed by atoms with E-state index in [4.69, 9.17) is 0 Å². The Bertz CT molecular complexity index is 284. The number of rotatable bonds is 5. The van der Waals surface area contributed by atoms with E-state index in [0.29, 0.717) is 23.5 Å². The summed E-state index contributed by atoms with van der Waals surface area (Å²) >= 11 is 0. The summed E-state index contributed by atoms with van der Waals surface area (Å²) in [5, 5.41) is 3.20. The molecular formula is C10H19NO2S. The van der Waals surface area contributed by atoms with E-state index in [1.807, 2.05) is 13.1 Å². The highest BCUT2D eigenvalue weighted by atomic mass is 32.2. The molecule has 1 rings (SSSR count). The molecule has 1 heterocycles. The van der Waals surface area contributed by atoms with E-state index in [0.717, 1.165) is 19.3 Å². The zero-order valence-electron chi connectivity index (χ0n) is 8.70. The van der Waals surface area contributed by atoms with Crippen molar-refractivity contribution in [1.29, 1.82) is 0 Å². The quantitative estimate of drug-likeness (QED) is 0.698. The zero-order chi connectivity index (χ0) is 10.6. The SMILES string of the molecule is C=CCCC(NC)C1CCS(=O)(=O)C1. The van der Waals surface area contributed by atoms with Crippen LogP contribution in [0.4, 0.5) is 0 Å². The third kappa shape index (κ3) is 3.10. The molecule has 0 spiro atoms. The summed E-state index contributed by atoms with van der Waals surface area (Å²) in [4.78, 5) is 0. The summed E-state index contributed by atoms with van der Waals surface area (Å²) in [6, 6.07) is 0.324. The van der Waals surface area contributed by atoms with Crippen LogP contribution in [0.1, 0.15) is 19.3 Å². The lowest BCUT2D eigenvalue weighted by atomic mass is 9.95. The van der Waals surface area contributed by atoms with Crippen molar-refractivity contribution in [3.8, 4) is 0 Å². The average molecular weight is 217 g/mol. The molecule has 1 saturated heterocycles.